The number of nitrogens with one attached hydrogen (secondary N) is 1. The molecule has 1 N–H and O–H groups in total. The van der Waals surface area contributed by atoms with Crippen LogP contribution in [0.1, 0.15) is 50.3 Å². The van der Waals surface area contributed by atoms with E-state index in [2.05, 4.69) is 55.2 Å². The summed E-state index contributed by atoms with van der Waals surface area (Å²) in [5.41, 5.74) is 3.10. The van der Waals surface area contributed by atoms with Gasteiger partial charge in [0.15, 0.2) is 0 Å². The van der Waals surface area contributed by atoms with Crippen molar-refractivity contribution in [2.24, 2.45) is 0 Å². The third-order valence-electron chi connectivity index (χ3n) is 3.63. The molecule has 1 aromatic carbocycles. The van der Waals surface area contributed by atoms with Crippen molar-refractivity contribution in [1.82, 2.24) is 5.32 Å². The normalized spacial score (nSPS) is 22.1. The van der Waals surface area contributed by atoms with Gasteiger partial charge in [-0.25, -0.2) is 0 Å². The van der Waals surface area contributed by atoms with Crippen LogP contribution in [0.2, 0.25) is 0 Å². The lowest BCUT2D eigenvalue weighted by molar-refractivity contribution is 0.538. The maximum absolute atomic E-state index is 3.74. The van der Waals surface area contributed by atoms with Gasteiger partial charge in [0.1, 0.15) is 0 Å². The topological polar surface area (TPSA) is 12.0 Å². The van der Waals surface area contributed by atoms with E-state index in [9.17, 15) is 0 Å². The Bertz CT molecular complexity index is 364. The Morgan fingerprint density at radius 2 is 2.06 bits per heavy atom. The van der Waals surface area contributed by atoms with Gasteiger partial charge >= 0.3 is 0 Å². The molecule has 0 radical (unpaired) electrons. The van der Waals surface area contributed by atoms with Crippen molar-refractivity contribution in [2.75, 3.05) is 12.3 Å². The average molecular weight is 263 g/mol. The fourth-order valence-electron chi connectivity index (χ4n) is 2.63. The SMILES string of the molecule is CCCCSC1Cc2ccccc2C1NCCC. The molecule has 2 heteroatoms. The van der Waals surface area contributed by atoms with E-state index in [0.29, 0.717) is 6.04 Å². The smallest absolute Gasteiger partial charge is 0.0446 e. The molecule has 0 bridgehead atoms. The van der Waals surface area contributed by atoms with Crippen molar-refractivity contribution in [3.05, 3.63) is 35.4 Å². The van der Waals surface area contributed by atoms with Gasteiger partial charge in [-0.3, -0.25) is 0 Å². The Morgan fingerprint density at radius 3 is 2.83 bits per heavy atom. The van der Waals surface area contributed by atoms with E-state index >= 15 is 0 Å². The highest BCUT2D eigenvalue weighted by atomic mass is 32.2. The molecule has 2 rings (SSSR count). The van der Waals surface area contributed by atoms with Gasteiger partial charge in [0, 0.05) is 11.3 Å². The van der Waals surface area contributed by atoms with Crippen LogP contribution in [0.25, 0.3) is 0 Å². The Labute approximate surface area is 116 Å². The van der Waals surface area contributed by atoms with E-state index in [1.807, 2.05) is 0 Å². The van der Waals surface area contributed by atoms with Crippen LogP contribution in [0.4, 0.5) is 0 Å². The van der Waals surface area contributed by atoms with Gasteiger partial charge in [-0.2, -0.15) is 11.8 Å². The number of benzene rings is 1. The van der Waals surface area contributed by atoms with E-state index < -0.39 is 0 Å². The molecule has 2 atom stereocenters. The standard InChI is InChI=1S/C16H25NS/c1-3-5-11-18-15-12-13-8-6-7-9-14(13)16(15)17-10-4-2/h6-9,15-17H,3-5,10-12H2,1-2H3. The summed E-state index contributed by atoms with van der Waals surface area (Å²) in [4.78, 5) is 0. The van der Waals surface area contributed by atoms with Crippen molar-refractivity contribution in [3.63, 3.8) is 0 Å². The molecule has 0 saturated carbocycles. The quantitative estimate of drug-likeness (QED) is 0.740. The molecular formula is C16H25NS. The fourth-order valence-corrected chi connectivity index (χ4v) is 4.12. The molecule has 0 spiro atoms. The number of rotatable bonds is 7. The van der Waals surface area contributed by atoms with Crippen molar-refractivity contribution >= 4 is 11.8 Å². The van der Waals surface area contributed by atoms with Crippen LogP contribution in [0, 0.1) is 0 Å². The zero-order valence-electron chi connectivity index (χ0n) is 11.6. The lowest BCUT2D eigenvalue weighted by atomic mass is 10.1. The summed E-state index contributed by atoms with van der Waals surface area (Å²) in [5, 5.41) is 4.48. The molecule has 1 aromatic rings. The minimum absolute atomic E-state index is 0.572. The Balaban J connectivity index is 2.02. The fraction of sp³-hybridized carbons (Fsp3) is 0.625. The third kappa shape index (κ3) is 3.30. The molecular weight excluding hydrogens is 238 g/mol. The molecule has 0 aromatic heterocycles. The monoisotopic (exact) mass is 263 g/mol. The Kier molecular flexibility index (Phi) is 5.58. The zero-order chi connectivity index (χ0) is 12.8. The van der Waals surface area contributed by atoms with Gasteiger partial charge < -0.3 is 5.32 Å². The third-order valence-corrected chi connectivity index (χ3v) is 5.02. The van der Waals surface area contributed by atoms with Crippen LogP contribution in [0.15, 0.2) is 24.3 Å². The maximum Gasteiger partial charge on any atom is 0.0446 e. The molecule has 0 amide bonds. The van der Waals surface area contributed by atoms with Crippen LogP contribution in [-0.4, -0.2) is 17.5 Å². The number of hydrogen-bond donors (Lipinski definition) is 1. The van der Waals surface area contributed by atoms with Gasteiger partial charge in [0.2, 0.25) is 0 Å². The lowest BCUT2D eigenvalue weighted by Gasteiger charge is -2.21. The number of thioether (sulfide) groups is 1. The van der Waals surface area contributed by atoms with E-state index in [0.717, 1.165) is 11.8 Å². The van der Waals surface area contributed by atoms with Crippen molar-refractivity contribution in [1.29, 1.82) is 0 Å². The molecule has 0 aliphatic heterocycles. The highest BCUT2D eigenvalue weighted by Gasteiger charge is 2.31. The summed E-state index contributed by atoms with van der Waals surface area (Å²) in [5.74, 6) is 1.31. The van der Waals surface area contributed by atoms with Gasteiger partial charge in [-0.05, 0) is 42.7 Å². The van der Waals surface area contributed by atoms with Crippen molar-refractivity contribution in [3.8, 4) is 0 Å². The predicted molar refractivity (Wildman–Crippen MR) is 82.3 cm³/mol. The first-order chi connectivity index (χ1) is 8.86. The van der Waals surface area contributed by atoms with E-state index in [-0.39, 0.29) is 0 Å². The first-order valence-corrected chi connectivity index (χ1v) is 8.34. The van der Waals surface area contributed by atoms with Crippen LogP contribution >= 0.6 is 11.8 Å². The van der Waals surface area contributed by atoms with Crippen LogP contribution in [-0.2, 0) is 6.42 Å². The largest absolute Gasteiger partial charge is 0.309 e. The molecule has 1 aliphatic carbocycles. The Morgan fingerprint density at radius 1 is 1.22 bits per heavy atom. The Hall–Kier alpha value is -0.470. The summed E-state index contributed by atoms with van der Waals surface area (Å²) >= 11 is 2.16. The summed E-state index contributed by atoms with van der Waals surface area (Å²) in [6.45, 7) is 5.65. The van der Waals surface area contributed by atoms with E-state index in [4.69, 9.17) is 0 Å². The predicted octanol–water partition coefficient (Wildman–Crippen LogP) is 4.19. The molecule has 0 heterocycles. The van der Waals surface area contributed by atoms with Gasteiger partial charge in [0.05, 0.1) is 0 Å². The molecule has 2 unspecified atom stereocenters. The van der Waals surface area contributed by atoms with Crippen molar-refractivity contribution in [2.45, 2.75) is 50.8 Å². The molecule has 0 saturated heterocycles. The van der Waals surface area contributed by atoms with Crippen molar-refractivity contribution < 1.29 is 0 Å². The van der Waals surface area contributed by atoms with Crippen LogP contribution in [0.5, 0.6) is 0 Å². The summed E-state index contributed by atoms with van der Waals surface area (Å²) in [6, 6.07) is 9.54. The van der Waals surface area contributed by atoms with Crippen LogP contribution < -0.4 is 5.32 Å². The molecule has 100 valence electrons. The van der Waals surface area contributed by atoms with Gasteiger partial charge in [-0.15, -0.1) is 0 Å². The molecule has 0 fully saturated rings. The summed E-state index contributed by atoms with van der Waals surface area (Å²) < 4.78 is 0. The zero-order valence-corrected chi connectivity index (χ0v) is 12.4. The highest BCUT2D eigenvalue weighted by molar-refractivity contribution is 7.99. The van der Waals surface area contributed by atoms with Gasteiger partial charge in [0.25, 0.3) is 0 Å². The maximum atomic E-state index is 3.74. The number of unbranched alkanes of at least 4 members (excludes halogenated alkanes) is 1. The van der Waals surface area contributed by atoms with Gasteiger partial charge in [-0.1, -0.05) is 44.5 Å². The number of fused-ring (bicyclic) bond motifs is 1. The highest BCUT2D eigenvalue weighted by Crippen LogP contribution is 2.38. The summed E-state index contributed by atoms with van der Waals surface area (Å²) in [6.07, 6.45) is 5.11. The second-order valence-electron chi connectivity index (χ2n) is 5.10. The first kappa shape index (κ1) is 14.0. The molecule has 1 aliphatic rings. The molecule has 18 heavy (non-hydrogen) atoms. The van der Waals surface area contributed by atoms with E-state index in [1.54, 1.807) is 11.1 Å². The minimum Gasteiger partial charge on any atom is -0.309 e. The second-order valence-corrected chi connectivity index (χ2v) is 6.44. The van der Waals surface area contributed by atoms with Crippen LogP contribution in [0.3, 0.4) is 0 Å². The second kappa shape index (κ2) is 7.20. The summed E-state index contributed by atoms with van der Waals surface area (Å²) in [7, 11) is 0. The first-order valence-electron chi connectivity index (χ1n) is 7.29. The molecule has 1 nitrogen and oxygen atoms in total. The lowest BCUT2D eigenvalue weighted by Crippen LogP contribution is -2.28. The minimum atomic E-state index is 0.572. The number of hydrogen-bond acceptors (Lipinski definition) is 2. The van der Waals surface area contributed by atoms with E-state index in [1.165, 1.54) is 31.4 Å². The average Bonchev–Trinajstić information content (AvgIpc) is 2.74.